The molecule has 2 rings (SSSR count). The average Bonchev–Trinajstić information content (AvgIpc) is 2.37. The zero-order valence-corrected chi connectivity index (χ0v) is 11.0. The summed E-state index contributed by atoms with van der Waals surface area (Å²) < 4.78 is 0. The van der Waals surface area contributed by atoms with E-state index in [1.54, 1.807) is 6.92 Å². The molecule has 0 spiro atoms. The number of nitrogens with zero attached hydrogens (tertiary/aromatic N) is 1. The summed E-state index contributed by atoms with van der Waals surface area (Å²) in [6.45, 7) is 3.60. The average molecular weight is 246 g/mol. The number of hydrogen-bond donors (Lipinski definition) is 1. The molecule has 1 heterocycles. The lowest BCUT2D eigenvalue weighted by Gasteiger charge is -2.37. The highest BCUT2D eigenvalue weighted by molar-refractivity contribution is 5.76. The molecular formula is C15H22N2O. The summed E-state index contributed by atoms with van der Waals surface area (Å²) in [4.78, 5) is 13.9. The fourth-order valence-electron chi connectivity index (χ4n) is 2.73. The van der Waals surface area contributed by atoms with Crippen molar-refractivity contribution in [1.82, 2.24) is 4.90 Å². The van der Waals surface area contributed by atoms with E-state index >= 15 is 0 Å². The molecule has 2 N–H and O–H groups in total. The van der Waals surface area contributed by atoms with Crippen LogP contribution in [0.3, 0.4) is 0 Å². The van der Waals surface area contributed by atoms with Gasteiger partial charge < -0.3 is 5.73 Å². The van der Waals surface area contributed by atoms with Crippen LogP contribution in [0.15, 0.2) is 30.3 Å². The van der Waals surface area contributed by atoms with Crippen LogP contribution in [0.2, 0.25) is 0 Å². The number of piperidine rings is 1. The molecule has 2 atom stereocenters. The van der Waals surface area contributed by atoms with E-state index in [0.717, 1.165) is 25.9 Å². The summed E-state index contributed by atoms with van der Waals surface area (Å²) in [5.74, 6) is 0.239. The van der Waals surface area contributed by atoms with Gasteiger partial charge in [-0.3, -0.25) is 9.69 Å². The molecular weight excluding hydrogens is 224 g/mol. The minimum absolute atomic E-state index is 0.190. The van der Waals surface area contributed by atoms with Gasteiger partial charge in [-0.05, 0) is 31.9 Å². The third-order valence-electron chi connectivity index (χ3n) is 3.60. The van der Waals surface area contributed by atoms with Crippen molar-refractivity contribution in [3.8, 4) is 0 Å². The van der Waals surface area contributed by atoms with Gasteiger partial charge in [0, 0.05) is 25.0 Å². The van der Waals surface area contributed by atoms with Crippen LogP contribution in [0, 0.1) is 0 Å². The molecule has 18 heavy (non-hydrogen) atoms. The van der Waals surface area contributed by atoms with Crippen LogP contribution in [-0.4, -0.2) is 29.8 Å². The van der Waals surface area contributed by atoms with Crippen molar-refractivity contribution < 1.29 is 4.79 Å². The Hall–Kier alpha value is -1.19. The maximum absolute atomic E-state index is 11.5. The van der Waals surface area contributed by atoms with Gasteiger partial charge in [-0.25, -0.2) is 0 Å². The van der Waals surface area contributed by atoms with Gasteiger partial charge in [0.1, 0.15) is 5.78 Å². The van der Waals surface area contributed by atoms with Crippen LogP contribution >= 0.6 is 0 Å². The first-order chi connectivity index (χ1) is 8.66. The van der Waals surface area contributed by atoms with Gasteiger partial charge in [-0.1, -0.05) is 30.3 Å². The van der Waals surface area contributed by atoms with Crippen molar-refractivity contribution >= 4 is 5.78 Å². The Morgan fingerprint density at radius 1 is 1.44 bits per heavy atom. The van der Waals surface area contributed by atoms with Gasteiger partial charge in [0.15, 0.2) is 0 Å². The highest BCUT2D eigenvalue weighted by atomic mass is 16.1. The maximum Gasteiger partial charge on any atom is 0.131 e. The third kappa shape index (κ3) is 3.40. The first-order valence-electron chi connectivity index (χ1n) is 6.71. The van der Waals surface area contributed by atoms with Crippen LogP contribution in [0.25, 0.3) is 0 Å². The number of likely N-dealkylation sites (tertiary alicyclic amines) is 1. The van der Waals surface area contributed by atoms with E-state index in [9.17, 15) is 4.79 Å². The lowest BCUT2D eigenvalue weighted by molar-refractivity contribution is -0.118. The Morgan fingerprint density at radius 3 is 2.78 bits per heavy atom. The zero-order chi connectivity index (χ0) is 13.0. The van der Waals surface area contributed by atoms with Crippen LogP contribution < -0.4 is 5.73 Å². The monoisotopic (exact) mass is 246 g/mol. The Kier molecular flexibility index (Phi) is 4.50. The Labute approximate surface area is 109 Å². The molecule has 1 aromatic carbocycles. The van der Waals surface area contributed by atoms with E-state index in [0.29, 0.717) is 6.42 Å². The van der Waals surface area contributed by atoms with Gasteiger partial charge in [0.2, 0.25) is 0 Å². The van der Waals surface area contributed by atoms with Crippen molar-refractivity contribution in [2.45, 2.75) is 38.3 Å². The topological polar surface area (TPSA) is 46.3 Å². The first-order valence-corrected chi connectivity index (χ1v) is 6.71. The molecule has 0 saturated carbocycles. The molecule has 1 aliphatic heterocycles. The minimum Gasteiger partial charge on any atom is -0.327 e. The molecule has 0 aromatic heterocycles. The molecule has 3 nitrogen and oxygen atoms in total. The van der Waals surface area contributed by atoms with Gasteiger partial charge in [0.25, 0.3) is 0 Å². The molecule has 98 valence electrons. The molecule has 0 bridgehead atoms. The molecule has 1 saturated heterocycles. The number of carbonyl (C=O) groups excluding carboxylic acids is 1. The SMILES string of the molecule is CC(=O)CC(c1ccccc1)N1CCCC(N)C1. The van der Waals surface area contributed by atoms with Gasteiger partial charge in [-0.2, -0.15) is 0 Å². The Bertz CT molecular complexity index is 391. The van der Waals surface area contributed by atoms with Gasteiger partial charge in [0.05, 0.1) is 0 Å². The standard InChI is InChI=1S/C15H22N2O/c1-12(18)10-15(13-6-3-2-4-7-13)17-9-5-8-14(16)11-17/h2-4,6-7,14-15H,5,8-11,16H2,1H3. The molecule has 2 unspecified atom stereocenters. The lowest BCUT2D eigenvalue weighted by Crippen LogP contribution is -2.44. The number of ketones is 1. The van der Waals surface area contributed by atoms with Gasteiger partial charge in [-0.15, -0.1) is 0 Å². The summed E-state index contributed by atoms with van der Waals surface area (Å²) in [6.07, 6.45) is 2.80. The van der Waals surface area contributed by atoms with E-state index in [-0.39, 0.29) is 17.9 Å². The minimum atomic E-state index is 0.190. The second kappa shape index (κ2) is 6.12. The number of rotatable bonds is 4. The maximum atomic E-state index is 11.5. The summed E-state index contributed by atoms with van der Waals surface area (Å²) in [5, 5.41) is 0. The van der Waals surface area contributed by atoms with E-state index in [2.05, 4.69) is 17.0 Å². The normalized spacial score (nSPS) is 22.7. The van der Waals surface area contributed by atoms with E-state index in [1.165, 1.54) is 5.56 Å². The fraction of sp³-hybridized carbons (Fsp3) is 0.533. The Morgan fingerprint density at radius 2 is 2.17 bits per heavy atom. The second-order valence-electron chi connectivity index (χ2n) is 5.23. The number of benzene rings is 1. The van der Waals surface area contributed by atoms with E-state index in [1.807, 2.05) is 18.2 Å². The highest BCUT2D eigenvalue weighted by Crippen LogP contribution is 2.27. The predicted molar refractivity (Wildman–Crippen MR) is 73.3 cm³/mol. The van der Waals surface area contributed by atoms with Crippen LogP contribution in [0.5, 0.6) is 0 Å². The highest BCUT2D eigenvalue weighted by Gasteiger charge is 2.26. The van der Waals surface area contributed by atoms with Crippen LogP contribution in [-0.2, 0) is 4.79 Å². The zero-order valence-electron chi connectivity index (χ0n) is 11.0. The van der Waals surface area contributed by atoms with Crippen molar-refractivity contribution in [3.05, 3.63) is 35.9 Å². The second-order valence-corrected chi connectivity index (χ2v) is 5.23. The van der Waals surface area contributed by atoms with Gasteiger partial charge >= 0.3 is 0 Å². The molecule has 3 heteroatoms. The quantitative estimate of drug-likeness (QED) is 0.885. The summed E-state index contributed by atoms with van der Waals surface area (Å²) >= 11 is 0. The molecule has 0 radical (unpaired) electrons. The lowest BCUT2D eigenvalue weighted by atomic mass is 9.96. The number of hydrogen-bond acceptors (Lipinski definition) is 3. The van der Waals surface area contributed by atoms with Crippen LogP contribution in [0.4, 0.5) is 0 Å². The molecule has 0 aliphatic carbocycles. The van der Waals surface area contributed by atoms with Crippen molar-refractivity contribution in [3.63, 3.8) is 0 Å². The van der Waals surface area contributed by atoms with E-state index in [4.69, 9.17) is 5.73 Å². The fourth-order valence-corrected chi connectivity index (χ4v) is 2.73. The molecule has 1 aliphatic rings. The smallest absolute Gasteiger partial charge is 0.131 e. The van der Waals surface area contributed by atoms with Crippen LogP contribution in [0.1, 0.15) is 37.8 Å². The summed E-state index contributed by atoms with van der Waals surface area (Å²) in [7, 11) is 0. The third-order valence-corrected chi connectivity index (χ3v) is 3.60. The summed E-state index contributed by atoms with van der Waals surface area (Å²) in [6, 6.07) is 10.7. The number of Topliss-reactive ketones (excluding diaryl/α,β-unsaturated/α-hetero) is 1. The van der Waals surface area contributed by atoms with Crippen molar-refractivity contribution in [2.24, 2.45) is 5.73 Å². The Balaban J connectivity index is 2.16. The largest absolute Gasteiger partial charge is 0.327 e. The molecule has 1 fully saturated rings. The summed E-state index contributed by atoms with van der Waals surface area (Å²) in [5.41, 5.74) is 7.27. The van der Waals surface area contributed by atoms with E-state index < -0.39 is 0 Å². The number of nitrogens with two attached hydrogens (primary N) is 1. The molecule has 0 amide bonds. The predicted octanol–water partition coefficient (Wildman–Crippen LogP) is 2.13. The molecule has 1 aromatic rings. The van der Waals surface area contributed by atoms with Crippen molar-refractivity contribution in [2.75, 3.05) is 13.1 Å². The first kappa shape index (κ1) is 13.2. The van der Waals surface area contributed by atoms with Crippen molar-refractivity contribution in [1.29, 1.82) is 0 Å². The number of carbonyl (C=O) groups is 1.